The van der Waals surface area contributed by atoms with Crippen LogP contribution in [0.15, 0.2) is 54.7 Å². The number of benzene rings is 1. The Morgan fingerprint density at radius 2 is 1.79 bits per heavy atom. The summed E-state index contributed by atoms with van der Waals surface area (Å²) in [5.74, 6) is -2.20. The number of pyridine rings is 1. The quantitative estimate of drug-likeness (QED) is 0.415. The number of rotatable bonds is 11. The number of hydrogen-bond acceptors (Lipinski definition) is 8. The molecule has 10 heteroatoms. The van der Waals surface area contributed by atoms with E-state index in [1.54, 1.807) is 32.2 Å². The number of fused-ring (bicyclic) bond motifs is 1. The van der Waals surface area contributed by atoms with E-state index in [2.05, 4.69) is 4.98 Å². The average Bonchev–Trinajstić information content (AvgIpc) is 3.50. The number of aryl methyl sites for hydroxylation is 1. The van der Waals surface area contributed by atoms with Crippen LogP contribution in [0.1, 0.15) is 57.0 Å². The predicted molar refractivity (Wildman–Crippen MR) is 137 cm³/mol. The lowest BCUT2D eigenvalue weighted by Gasteiger charge is -2.40. The number of carbonyl (C=O) groups is 4. The van der Waals surface area contributed by atoms with Gasteiger partial charge in [0.1, 0.15) is 6.17 Å². The topological polar surface area (TPSA) is 109 Å². The van der Waals surface area contributed by atoms with Gasteiger partial charge in [-0.2, -0.15) is 0 Å². The summed E-state index contributed by atoms with van der Waals surface area (Å²) in [5, 5.41) is 2.48. The minimum atomic E-state index is -1.37. The Labute approximate surface area is 222 Å². The molecule has 0 spiro atoms. The van der Waals surface area contributed by atoms with Gasteiger partial charge in [0, 0.05) is 19.2 Å². The molecule has 2 saturated heterocycles. The van der Waals surface area contributed by atoms with Crippen molar-refractivity contribution in [1.82, 2.24) is 19.9 Å². The van der Waals surface area contributed by atoms with Gasteiger partial charge in [0.25, 0.3) is 5.91 Å². The van der Waals surface area contributed by atoms with Gasteiger partial charge in [0.2, 0.25) is 5.91 Å². The van der Waals surface area contributed by atoms with E-state index in [0.29, 0.717) is 25.1 Å². The normalized spacial score (nSPS) is 19.6. The Bertz CT molecular complexity index is 1130. The van der Waals surface area contributed by atoms with Crippen molar-refractivity contribution in [3.05, 3.63) is 66.0 Å². The lowest BCUT2D eigenvalue weighted by molar-refractivity contribution is -0.185. The molecule has 2 aliphatic heterocycles. The highest BCUT2D eigenvalue weighted by Crippen LogP contribution is 2.41. The highest BCUT2D eigenvalue weighted by Gasteiger charge is 2.54. The standard InChI is InChI=1S/C28H34N4O6/c1-3-37-25(34)19-23(28(36)38-4-2)31(24(33)16-15-20-11-6-5-7-12-20)32-26(21-13-8-9-17-29-21)30-18-10-14-22(30)27(32)35/h5-9,11-13,17,22-23,26H,3-4,10,14-16,18-19H2,1-2H3. The summed E-state index contributed by atoms with van der Waals surface area (Å²) in [6.45, 7) is 4.12. The second kappa shape index (κ2) is 12.6. The monoisotopic (exact) mass is 522 g/mol. The molecule has 4 rings (SSSR count). The fourth-order valence-electron chi connectivity index (χ4n) is 5.15. The van der Waals surface area contributed by atoms with E-state index in [1.165, 1.54) is 5.01 Å². The maximum Gasteiger partial charge on any atom is 0.331 e. The fourth-order valence-corrected chi connectivity index (χ4v) is 5.15. The molecule has 2 aliphatic rings. The lowest BCUT2D eigenvalue weighted by atomic mass is 10.1. The smallest absolute Gasteiger partial charge is 0.331 e. The van der Waals surface area contributed by atoms with Crippen molar-refractivity contribution in [3.63, 3.8) is 0 Å². The third kappa shape index (κ3) is 5.85. The molecule has 0 radical (unpaired) electrons. The maximum absolute atomic E-state index is 14.0. The molecule has 1 aromatic carbocycles. The summed E-state index contributed by atoms with van der Waals surface area (Å²) in [4.78, 5) is 60.2. The van der Waals surface area contributed by atoms with Crippen LogP contribution < -0.4 is 0 Å². The number of carbonyl (C=O) groups excluding carboxylic acids is 4. The van der Waals surface area contributed by atoms with Crippen molar-refractivity contribution in [2.24, 2.45) is 0 Å². The Kier molecular flexibility index (Phi) is 9.06. The van der Waals surface area contributed by atoms with E-state index in [1.807, 2.05) is 41.3 Å². The molecular formula is C28H34N4O6. The minimum Gasteiger partial charge on any atom is -0.466 e. The number of aromatic nitrogens is 1. The summed E-state index contributed by atoms with van der Waals surface area (Å²) in [6.07, 6.45) is 2.38. The lowest BCUT2D eigenvalue weighted by Crippen LogP contribution is -2.58. The van der Waals surface area contributed by atoms with Crippen molar-refractivity contribution in [2.75, 3.05) is 19.8 Å². The number of esters is 2. The predicted octanol–water partition coefficient (Wildman–Crippen LogP) is 2.65. The molecule has 3 heterocycles. The van der Waals surface area contributed by atoms with Gasteiger partial charge < -0.3 is 9.47 Å². The molecule has 2 amide bonds. The van der Waals surface area contributed by atoms with E-state index < -0.39 is 42.5 Å². The van der Waals surface area contributed by atoms with Gasteiger partial charge in [-0.05, 0) is 50.8 Å². The molecule has 3 atom stereocenters. The van der Waals surface area contributed by atoms with Gasteiger partial charge in [-0.1, -0.05) is 36.4 Å². The molecule has 1 aromatic heterocycles. The first-order valence-corrected chi connectivity index (χ1v) is 13.1. The zero-order valence-corrected chi connectivity index (χ0v) is 21.8. The first kappa shape index (κ1) is 27.3. The number of hydrazine groups is 1. The van der Waals surface area contributed by atoms with Gasteiger partial charge in [0.05, 0.1) is 31.4 Å². The van der Waals surface area contributed by atoms with Crippen molar-refractivity contribution in [3.8, 4) is 0 Å². The van der Waals surface area contributed by atoms with Crippen LogP contribution in [-0.2, 0) is 35.1 Å². The van der Waals surface area contributed by atoms with Crippen LogP contribution in [-0.4, -0.2) is 75.5 Å². The molecule has 3 unspecified atom stereocenters. The van der Waals surface area contributed by atoms with Crippen LogP contribution in [0.3, 0.4) is 0 Å². The van der Waals surface area contributed by atoms with Crippen molar-refractivity contribution in [2.45, 2.75) is 64.2 Å². The number of amides is 2. The minimum absolute atomic E-state index is 0.0200. The van der Waals surface area contributed by atoms with E-state index in [9.17, 15) is 19.2 Å². The van der Waals surface area contributed by atoms with Crippen LogP contribution in [0.2, 0.25) is 0 Å². The van der Waals surface area contributed by atoms with Crippen LogP contribution in [0.5, 0.6) is 0 Å². The first-order valence-electron chi connectivity index (χ1n) is 13.1. The Morgan fingerprint density at radius 1 is 1.05 bits per heavy atom. The Hall–Kier alpha value is -3.79. The van der Waals surface area contributed by atoms with E-state index in [0.717, 1.165) is 17.0 Å². The highest BCUT2D eigenvalue weighted by molar-refractivity contribution is 5.92. The van der Waals surface area contributed by atoms with Gasteiger partial charge in [-0.25, -0.2) is 14.8 Å². The van der Waals surface area contributed by atoms with E-state index in [4.69, 9.17) is 9.47 Å². The maximum atomic E-state index is 14.0. The zero-order valence-electron chi connectivity index (χ0n) is 21.8. The zero-order chi connectivity index (χ0) is 27.1. The summed E-state index contributed by atoms with van der Waals surface area (Å²) in [5.41, 5.74) is 1.51. The number of hydrogen-bond donors (Lipinski definition) is 0. The third-order valence-electron chi connectivity index (χ3n) is 6.78. The molecule has 10 nitrogen and oxygen atoms in total. The van der Waals surface area contributed by atoms with Crippen molar-refractivity contribution >= 4 is 23.8 Å². The fraction of sp³-hybridized carbons (Fsp3) is 0.464. The van der Waals surface area contributed by atoms with Crippen LogP contribution in [0.25, 0.3) is 0 Å². The second-order valence-electron chi connectivity index (χ2n) is 9.21. The van der Waals surface area contributed by atoms with Crippen molar-refractivity contribution in [1.29, 1.82) is 0 Å². The summed E-state index contributed by atoms with van der Waals surface area (Å²) in [6, 6.07) is 13.0. The Balaban J connectivity index is 1.76. The molecule has 0 bridgehead atoms. The van der Waals surface area contributed by atoms with Gasteiger partial charge in [0.15, 0.2) is 6.04 Å². The average molecular weight is 523 g/mol. The molecule has 2 fully saturated rings. The van der Waals surface area contributed by atoms with Crippen LogP contribution in [0, 0.1) is 0 Å². The molecule has 0 aliphatic carbocycles. The number of ether oxygens (including phenoxy) is 2. The highest BCUT2D eigenvalue weighted by atomic mass is 16.5. The molecule has 202 valence electrons. The van der Waals surface area contributed by atoms with Crippen molar-refractivity contribution < 1.29 is 28.7 Å². The molecule has 2 aromatic rings. The largest absolute Gasteiger partial charge is 0.466 e. The van der Waals surface area contributed by atoms with Gasteiger partial charge in [-0.3, -0.25) is 24.3 Å². The molecule has 38 heavy (non-hydrogen) atoms. The third-order valence-corrected chi connectivity index (χ3v) is 6.78. The molecule has 0 N–H and O–H groups in total. The van der Waals surface area contributed by atoms with Crippen LogP contribution >= 0.6 is 0 Å². The summed E-state index contributed by atoms with van der Waals surface area (Å²) < 4.78 is 10.4. The summed E-state index contributed by atoms with van der Waals surface area (Å²) in [7, 11) is 0. The molecular weight excluding hydrogens is 488 g/mol. The summed E-state index contributed by atoms with van der Waals surface area (Å²) >= 11 is 0. The van der Waals surface area contributed by atoms with E-state index in [-0.39, 0.29) is 25.5 Å². The molecule has 0 saturated carbocycles. The van der Waals surface area contributed by atoms with E-state index >= 15 is 0 Å². The SMILES string of the molecule is CCOC(=O)CC(C(=O)OCC)N(C(=O)CCc1ccccc1)N1C(=O)C2CCCN2C1c1ccccn1. The first-order chi connectivity index (χ1) is 18.5. The van der Waals surface area contributed by atoms with Gasteiger partial charge in [-0.15, -0.1) is 0 Å². The second-order valence-corrected chi connectivity index (χ2v) is 9.21. The van der Waals surface area contributed by atoms with Crippen LogP contribution in [0.4, 0.5) is 0 Å². The Morgan fingerprint density at radius 3 is 2.47 bits per heavy atom. The number of nitrogens with zero attached hydrogens (tertiary/aromatic N) is 4. The van der Waals surface area contributed by atoms with Gasteiger partial charge >= 0.3 is 11.9 Å².